The molecule has 720 valence electrons. The zero-order valence-electron chi connectivity index (χ0n) is 77.1. The zero-order chi connectivity index (χ0) is 93.2. The van der Waals surface area contributed by atoms with E-state index in [4.69, 9.17) is 88.3 Å². The Bertz CT molecular complexity index is 4760. The summed E-state index contributed by atoms with van der Waals surface area (Å²) in [7, 11) is 3.20. The van der Waals surface area contributed by atoms with Crippen molar-refractivity contribution < 1.29 is 110 Å². The van der Waals surface area contributed by atoms with Gasteiger partial charge in [0, 0.05) is 89.4 Å². The molecule has 2 aromatic carbocycles. The summed E-state index contributed by atoms with van der Waals surface area (Å²) in [5.41, 5.74) is 27.7. The van der Waals surface area contributed by atoms with Crippen molar-refractivity contribution in [2.45, 2.75) is 230 Å². The van der Waals surface area contributed by atoms with Crippen LogP contribution in [-0.2, 0) is 123 Å². The molecule has 36 heteroatoms. The number of carbonyl (C=O) groups is 6. The lowest BCUT2D eigenvalue weighted by Crippen LogP contribution is -2.58. The molecule has 4 aliphatic heterocycles. The van der Waals surface area contributed by atoms with Crippen molar-refractivity contribution in [1.29, 1.82) is 0 Å². The molecule has 11 rings (SSSR count). The third kappa shape index (κ3) is 30.7. The Balaban J connectivity index is 0.496. The fourth-order valence-corrected chi connectivity index (χ4v) is 17.5. The van der Waals surface area contributed by atoms with Gasteiger partial charge in [0.1, 0.15) is 53.5 Å². The molecule has 8 heterocycles. The van der Waals surface area contributed by atoms with Crippen LogP contribution in [0.5, 0.6) is 0 Å². The molecule has 6 aromatic rings. The number of aryl methyl sites for hydroxylation is 1. The highest BCUT2D eigenvalue weighted by Gasteiger charge is 2.50. The Morgan fingerprint density at radius 2 is 1.41 bits per heavy atom. The van der Waals surface area contributed by atoms with E-state index in [0.717, 1.165) is 52.1 Å². The van der Waals surface area contributed by atoms with Crippen LogP contribution >= 0.6 is 0 Å². The maximum Gasteiger partial charge on any atom is 0.329 e. The first-order valence-corrected chi connectivity index (χ1v) is 46.4. The molecule has 5 aliphatic rings. The van der Waals surface area contributed by atoms with Crippen LogP contribution < -0.4 is 17.2 Å². The Kier molecular flexibility index (Phi) is 41.1. The summed E-state index contributed by atoms with van der Waals surface area (Å²) < 4.78 is 85.0. The smallest absolute Gasteiger partial charge is 0.329 e. The highest BCUT2D eigenvalue weighted by Crippen LogP contribution is 2.38. The summed E-state index contributed by atoms with van der Waals surface area (Å²) in [6, 6.07) is 9.82. The summed E-state index contributed by atoms with van der Waals surface area (Å²) in [4.78, 5) is 100. The lowest BCUT2D eigenvalue weighted by atomic mass is 9.80. The first-order valence-electron chi connectivity index (χ1n) is 46.4. The van der Waals surface area contributed by atoms with Crippen LogP contribution in [0.1, 0.15) is 160 Å². The van der Waals surface area contributed by atoms with Gasteiger partial charge in [-0.15, -0.1) is 5.10 Å². The van der Waals surface area contributed by atoms with Gasteiger partial charge in [0.25, 0.3) is 17.7 Å². The molecular weight excluding hydrogens is 1690 g/mol. The van der Waals surface area contributed by atoms with E-state index in [-0.39, 0.29) is 80.2 Å². The minimum atomic E-state index is -2.45. The number of rotatable bonds is 41. The van der Waals surface area contributed by atoms with Crippen molar-refractivity contribution in [2.75, 3.05) is 151 Å². The van der Waals surface area contributed by atoms with Crippen LogP contribution in [-0.4, -0.2) is 300 Å². The van der Waals surface area contributed by atoms with Crippen LogP contribution in [0.3, 0.4) is 0 Å². The highest BCUT2D eigenvalue weighted by molar-refractivity contribution is 6.39. The third-order valence-corrected chi connectivity index (χ3v) is 24.9. The summed E-state index contributed by atoms with van der Waals surface area (Å²) in [6.45, 7) is 18.0. The largest absolute Gasteiger partial charge is 0.459 e. The number of Topliss-reactive ketones (excluding diaryl/α,β-unsaturated/α-hetero) is 3. The number of anilines is 2. The molecule has 36 nitrogen and oxygen atoms in total. The minimum Gasteiger partial charge on any atom is -0.459 e. The number of carbonyl (C=O) groups excluding carboxylic acids is 6. The second-order valence-corrected chi connectivity index (χ2v) is 34.9. The number of cyclic esters (lactones) is 1. The summed E-state index contributed by atoms with van der Waals surface area (Å²) in [5.74, 6) is -7.71. The van der Waals surface area contributed by atoms with Crippen molar-refractivity contribution in [3.05, 3.63) is 119 Å². The lowest BCUT2D eigenvalue weighted by molar-refractivity contribution is -0.245. The quantitative estimate of drug-likeness (QED) is 0.00919. The van der Waals surface area contributed by atoms with E-state index in [1.165, 1.54) is 24.9 Å². The molecule has 2 saturated heterocycles. The highest BCUT2D eigenvalue weighted by atomic mass is 16.6. The van der Waals surface area contributed by atoms with Gasteiger partial charge in [-0.1, -0.05) is 80.6 Å². The fourth-order valence-electron chi connectivity index (χ4n) is 17.5. The van der Waals surface area contributed by atoms with Gasteiger partial charge in [-0.2, -0.15) is 10.1 Å². The van der Waals surface area contributed by atoms with Crippen molar-refractivity contribution in [1.82, 2.24) is 49.5 Å². The average Bonchev–Trinajstić information content (AvgIpc) is 1.66. The lowest BCUT2D eigenvalue weighted by Gasteiger charge is -2.40. The van der Waals surface area contributed by atoms with Crippen LogP contribution in [0.4, 0.5) is 11.8 Å². The van der Waals surface area contributed by atoms with Crippen molar-refractivity contribution in [3.63, 3.8) is 0 Å². The Labute approximate surface area is 766 Å². The maximum atomic E-state index is 14.6. The molecule has 1 saturated carbocycles. The fraction of sp³-hybridized carbons (Fsp3) is 0.642. The number of piperidine rings is 1. The van der Waals surface area contributed by atoms with Crippen molar-refractivity contribution in [3.8, 4) is 11.3 Å². The van der Waals surface area contributed by atoms with Gasteiger partial charge in [-0.25, -0.2) is 24.1 Å². The Morgan fingerprint density at radius 1 is 0.710 bits per heavy atom. The first kappa shape index (κ1) is 102. The number of aliphatic hydroxyl groups excluding tert-OH is 2. The molecular formula is C95H137N13O23. The number of amides is 2. The number of oxazole rings is 1. The van der Waals surface area contributed by atoms with E-state index < -0.39 is 89.5 Å². The molecule has 1 aliphatic carbocycles. The minimum absolute atomic E-state index is 0.0258. The number of ketones is 3. The molecule has 0 unspecified atom stereocenters. The number of fused-ring (bicyclic) bond motifs is 6. The number of nitrogen functional groups attached to an aromatic ring is 2. The van der Waals surface area contributed by atoms with Crippen molar-refractivity contribution in [2.24, 2.45) is 29.4 Å². The number of methoxy groups -OCH3 is 2. The second kappa shape index (κ2) is 52.6. The van der Waals surface area contributed by atoms with Gasteiger partial charge >= 0.3 is 5.97 Å². The van der Waals surface area contributed by atoms with Gasteiger partial charge < -0.3 is 108 Å². The normalized spacial score (nSPS) is 25.4. The number of hydrogen-bond donors (Lipinski definition) is 6. The number of hydrogen-bond acceptors (Lipinski definition) is 32. The van der Waals surface area contributed by atoms with Crippen LogP contribution in [0.15, 0.2) is 101 Å². The second-order valence-electron chi connectivity index (χ2n) is 34.9. The number of nitrogens with zero attached hydrogens (tertiary/aromatic N) is 10. The molecule has 9 N–H and O–H groups in total. The standard InChI is InChI=1S/C95H137N13O23/c1-62-16-9-8-10-17-63(2)80(118-6)56-73-19-15-29-95(117,131-73)89(114)92(115)107-30-13-11-20-76(107)93(116)129-81(57-77(109)64(3)51-66(5)87(112)88(113)86(111)65(4)50-62)74(96)53-67-22-25-79(82(54-67)119-7)128-33-14-12-18-72-60-106(104-102-72)32-35-121-37-39-123-41-43-125-45-47-127-49-48-126-46-44-124-42-40-122-38-36-120-34-28-83(110)105-31-27-69-52-68(21-23-71(69)59-105)58-108-91-84(90(97)99-61-100-91)85(103-108)70-24-26-78-75(55-70)101-94(98)130-78/h8-10,16-17,21,23-24,26,51-52,55,60-62,64-65,67,73-74,76,79-82,87-88,112-113,117H,11-15,18-20,22,25,27-50,53-54,56-59,96H2,1-7H3,(H2,98,101)(H2,97,99,100)/b10-8?,16-9+,63-17?,66-51+/t62-,64-,65-,67+,73+,74-,76+,79-,80+,81+,82-,87-,88+,95-/m1/s1. The number of aromatic nitrogens is 8. The molecule has 2 amide bonds. The number of unbranched alkanes of at least 4 members (excludes halogenated alkanes) is 1. The van der Waals surface area contributed by atoms with Crippen molar-refractivity contribution >= 4 is 69.1 Å². The third-order valence-electron chi connectivity index (χ3n) is 24.9. The van der Waals surface area contributed by atoms with Gasteiger partial charge in [0.05, 0.1) is 161 Å². The summed E-state index contributed by atoms with van der Waals surface area (Å²) in [6.07, 6.45) is 15.9. The topological polar surface area (TPSA) is 468 Å². The predicted octanol–water partition coefficient (Wildman–Crippen LogP) is 7.88. The molecule has 0 spiro atoms. The number of aliphatic hydroxyl groups is 3. The van der Waals surface area contributed by atoms with Crippen LogP contribution in [0.25, 0.3) is 33.4 Å². The predicted molar refractivity (Wildman–Crippen MR) is 484 cm³/mol. The Hall–Kier alpha value is -9.06. The molecule has 3 fully saturated rings. The van der Waals surface area contributed by atoms with E-state index >= 15 is 0 Å². The summed E-state index contributed by atoms with van der Waals surface area (Å²) >= 11 is 0. The maximum absolute atomic E-state index is 14.6. The van der Waals surface area contributed by atoms with E-state index in [2.05, 4.69) is 43.5 Å². The van der Waals surface area contributed by atoms with Gasteiger partial charge in [-0.05, 0) is 162 Å². The SMILES string of the molecule is CO[C@H]1C[C@@H]2CCC[C@@](O)(O2)C(=O)C(=O)N2CCCC[C@H]2C(=O)O[C@H]([C@H](N)C[C@@H]2CC[C@@H](OCCCCc3cn(CCOCCOCCOCCOCCOCCOCCOCCOCCC(=O)N4CCc5cc(Cn6nc(-c7ccc8oc(N)nc8c7)c7c(N)ncnc76)ccc5C4)nn3)[C@H](OC)C2)CC(=O)[C@H](C)/C=C(\C)[C@@H](O)[C@@H](O)C(=O)[C@H](C)C[C@H](C)/C=C/C=CC=C1C. The van der Waals surface area contributed by atoms with E-state index in [1.54, 1.807) is 38.8 Å². The summed E-state index contributed by atoms with van der Waals surface area (Å²) in [5, 5.41) is 48.6. The number of allylic oxidation sites excluding steroid dienone is 6. The number of benzene rings is 2. The van der Waals surface area contributed by atoms with Gasteiger partial charge in [-0.3, -0.25) is 24.0 Å². The van der Waals surface area contributed by atoms with Gasteiger partial charge in [0.2, 0.25) is 11.7 Å². The number of esters is 1. The van der Waals surface area contributed by atoms with E-state index in [9.17, 15) is 44.1 Å². The molecule has 14 atom stereocenters. The molecule has 2 bridgehead atoms. The number of ether oxygens (including phenoxy) is 13. The van der Waals surface area contributed by atoms with Crippen LogP contribution in [0, 0.1) is 23.7 Å². The zero-order valence-corrected chi connectivity index (χ0v) is 77.1. The average molecular weight is 1830 g/mol. The van der Waals surface area contributed by atoms with E-state index in [0.29, 0.717) is 236 Å². The Morgan fingerprint density at radius 3 is 2.11 bits per heavy atom. The first-order chi connectivity index (χ1) is 63.4. The van der Waals surface area contributed by atoms with Crippen LogP contribution in [0.2, 0.25) is 0 Å². The monoisotopic (exact) mass is 1830 g/mol. The molecule has 0 radical (unpaired) electrons. The van der Waals surface area contributed by atoms with E-state index in [1.807, 2.05) is 72.1 Å². The number of nitrogens with two attached hydrogens (primary N) is 3. The molecule has 131 heavy (non-hydrogen) atoms. The molecule has 4 aromatic heterocycles. The van der Waals surface area contributed by atoms with Gasteiger partial charge in [0.15, 0.2) is 17.0 Å².